The van der Waals surface area contributed by atoms with E-state index in [-0.39, 0.29) is 16.7 Å². The number of rotatable bonds is 5. The van der Waals surface area contributed by atoms with Gasteiger partial charge in [0.1, 0.15) is 5.37 Å². The van der Waals surface area contributed by atoms with Gasteiger partial charge in [0.05, 0.1) is 0 Å². The lowest BCUT2D eigenvalue weighted by Gasteiger charge is -2.49. The lowest BCUT2D eigenvalue weighted by atomic mass is 9.78. The Morgan fingerprint density at radius 2 is 2.00 bits per heavy atom. The molecule has 0 radical (unpaired) electrons. The third-order valence-electron chi connectivity index (χ3n) is 4.64. The van der Waals surface area contributed by atoms with Crippen LogP contribution in [0.4, 0.5) is 0 Å². The van der Waals surface area contributed by atoms with Crippen LogP contribution in [0.1, 0.15) is 40.5 Å². The van der Waals surface area contributed by atoms with E-state index < -0.39 is 9.84 Å². The first kappa shape index (κ1) is 17.6. The van der Waals surface area contributed by atoms with E-state index in [0.717, 1.165) is 31.0 Å². The van der Waals surface area contributed by atoms with E-state index in [9.17, 15) is 8.42 Å². The third-order valence-corrected chi connectivity index (χ3v) is 7.94. The van der Waals surface area contributed by atoms with E-state index in [2.05, 4.69) is 31.0 Å². The Hall–Kier alpha value is 0.220. The van der Waals surface area contributed by atoms with Crippen LogP contribution < -0.4 is 5.32 Å². The Labute approximate surface area is 134 Å². The molecule has 0 bridgehead atoms. The quantitative estimate of drug-likeness (QED) is 0.833. The van der Waals surface area contributed by atoms with Crippen LogP contribution in [-0.2, 0) is 9.84 Å². The van der Waals surface area contributed by atoms with Gasteiger partial charge < -0.3 is 5.32 Å². The molecule has 1 aliphatic heterocycles. The minimum absolute atomic E-state index is 0.132. The van der Waals surface area contributed by atoms with Crippen molar-refractivity contribution in [2.75, 3.05) is 30.3 Å². The van der Waals surface area contributed by atoms with Gasteiger partial charge in [-0.3, -0.25) is 4.90 Å². The number of hydrogen-bond acceptors (Lipinski definition) is 5. The number of nitrogens with one attached hydrogen (secondary N) is 1. The van der Waals surface area contributed by atoms with Gasteiger partial charge in [-0.05, 0) is 46.1 Å². The van der Waals surface area contributed by atoms with Crippen LogP contribution in [0.3, 0.4) is 0 Å². The maximum atomic E-state index is 12.4. The molecule has 1 heterocycles. The molecule has 3 atom stereocenters. The number of hydrogen-bond donors (Lipinski definition) is 1. The van der Waals surface area contributed by atoms with Crippen LogP contribution in [0.25, 0.3) is 0 Å². The lowest BCUT2D eigenvalue weighted by Crippen LogP contribution is -2.59. The monoisotopic (exact) mass is 334 g/mol. The standard InChI is InChI=1S/C15H30N2O2S2/c1-5-21(18,19)14-11-20-9-8-17(14)13-7-6-12(13)10-16-15(2,3)4/h12-14,16H,5-11H2,1-4H3. The number of nitrogens with zero attached hydrogens (tertiary/aromatic N) is 1. The smallest absolute Gasteiger partial charge is 0.166 e. The number of sulfone groups is 1. The van der Waals surface area contributed by atoms with Gasteiger partial charge in [0.15, 0.2) is 9.84 Å². The summed E-state index contributed by atoms with van der Waals surface area (Å²) in [5.41, 5.74) is 0.132. The predicted molar refractivity (Wildman–Crippen MR) is 91.5 cm³/mol. The van der Waals surface area contributed by atoms with E-state index in [1.54, 1.807) is 18.7 Å². The largest absolute Gasteiger partial charge is 0.312 e. The molecule has 0 amide bonds. The third kappa shape index (κ3) is 4.36. The summed E-state index contributed by atoms with van der Waals surface area (Å²) in [5, 5.41) is 3.32. The molecule has 0 aromatic carbocycles. The molecule has 2 fully saturated rings. The molecule has 124 valence electrons. The first-order valence-electron chi connectivity index (χ1n) is 8.04. The highest BCUT2D eigenvalue weighted by molar-refractivity contribution is 8.01. The summed E-state index contributed by atoms with van der Waals surface area (Å²) in [5.74, 6) is 2.66. The lowest BCUT2D eigenvalue weighted by molar-refractivity contribution is 0.0550. The van der Waals surface area contributed by atoms with Crippen molar-refractivity contribution in [3.63, 3.8) is 0 Å². The van der Waals surface area contributed by atoms with Gasteiger partial charge >= 0.3 is 0 Å². The summed E-state index contributed by atoms with van der Waals surface area (Å²) in [6.45, 7) is 10.2. The SMILES string of the molecule is CCS(=O)(=O)C1CSCCN1C1CCC1CNC(C)(C)C. The van der Waals surface area contributed by atoms with Gasteiger partial charge in [-0.25, -0.2) is 8.42 Å². The molecule has 1 aliphatic carbocycles. The van der Waals surface area contributed by atoms with Crippen LogP contribution in [0, 0.1) is 5.92 Å². The van der Waals surface area contributed by atoms with Crippen LogP contribution in [0.15, 0.2) is 0 Å². The zero-order valence-electron chi connectivity index (χ0n) is 13.8. The van der Waals surface area contributed by atoms with Crippen LogP contribution >= 0.6 is 11.8 Å². The highest BCUT2D eigenvalue weighted by Gasteiger charge is 2.43. The molecule has 2 aliphatic rings. The average Bonchev–Trinajstić information content (AvgIpc) is 2.36. The fraction of sp³-hybridized carbons (Fsp3) is 1.00. The minimum Gasteiger partial charge on any atom is -0.312 e. The molecule has 0 aromatic rings. The molecule has 6 heteroatoms. The second kappa shape index (κ2) is 6.77. The van der Waals surface area contributed by atoms with Crippen LogP contribution in [-0.4, -0.2) is 60.6 Å². The molecule has 1 saturated heterocycles. The van der Waals surface area contributed by atoms with Gasteiger partial charge in [0.2, 0.25) is 0 Å². The first-order valence-corrected chi connectivity index (χ1v) is 10.9. The molecule has 0 aromatic heterocycles. The molecular weight excluding hydrogens is 304 g/mol. The molecule has 0 spiro atoms. The number of thioether (sulfide) groups is 1. The van der Waals surface area contributed by atoms with Crippen molar-refractivity contribution in [3.8, 4) is 0 Å². The fourth-order valence-corrected chi connectivity index (χ4v) is 6.22. The Kier molecular flexibility index (Phi) is 5.66. The summed E-state index contributed by atoms with van der Waals surface area (Å²) in [7, 11) is -2.97. The summed E-state index contributed by atoms with van der Waals surface area (Å²) in [6.07, 6.45) is 2.37. The van der Waals surface area contributed by atoms with E-state index >= 15 is 0 Å². The Morgan fingerprint density at radius 3 is 2.52 bits per heavy atom. The zero-order valence-corrected chi connectivity index (χ0v) is 15.4. The maximum absolute atomic E-state index is 12.4. The summed E-state index contributed by atoms with van der Waals surface area (Å²) >= 11 is 1.78. The highest BCUT2D eigenvalue weighted by Crippen LogP contribution is 2.36. The van der Waals surface area contributed by atoms with Gasteiger partial charge in [0, 0.05) is 35.4 Å². The summed E-state index contributed by atoms with van der Waals surface area (Å²) in [6, 6.07) is 0.451. The van der Waals surface area contributed by atoms with Crippen molar-refractivity contribution in [2.24, 2.45) is 5.92 Å². The van der Waals surface area contributed by atoms with Crippen molar-refractivity contribution in [2.45, 2.75) is 57.5 Å². The van der Waals surface area contributed by atoms with Crippen LogP contribution in [0.2, 0.25) is 0 Å². The van der Waals surface area contributed by atoms with Crippen molar-refractivity contribution >= 4 is 21.6 Å². The van der Waals surface area contributed by atoms with E-state index in [4.69, 9.17) is 0 Å². The van der Waals surface area contributed by atoms with Crippen molar-refractivity contribution in [3.05, 3.63) is 0 Å². The molecule has 3 unspecified atom stereocenters. The highest BCUT2D eigenvalue weighted by atomic mass is 32.2. The predicted octanol–water partition coefficient (Wildman–Crippen LogP) is 1.96. The zero-order chi connectivity index (χ0) is 15.7. The summed E-state index contributed by atoms with van der Waals surface area (Å²) in [4.78, 5) is 2.30. The van der Waals surface area contributed by atoms with E-state index in [1.165, 1.54) is 6.42 Å². The first-order chi connectivity index (χ1) is 9.74. The average molecular weight is 335 g/mol. The topological polar surface area (TPSA) is 49.4 Å². The molecular formula is C15H30N2O2S2. The molecule has 2 rings (SSSR count). The van der Waals surface area contributed by atoms with E-state index in [1.807, 2.05) is 0 Å². The maximum Gasteiger partial charge on any atom is 0.166 e. The molecule has 4 nitrogen and oxygen atoms in total. The van der Waals surface area contributed by atoms with Crippen LogP contribution in [0.5, 0.6) is 0 Å². The van der Waals surface area contributed by atoms with Crippen molar-refractivity contribution < 1.29 is 8.42 Å². The minimum atomic E-state index is -2.97. The molecule has 21 heavy (non-hydrogen) atoms. The molecule has 1 saturated carbocycles. The Bertz CT molecular complexity index is 445. The van der Waals surface area contributed by atoms with Gasteiger partial charge in [-0.1, -0.05) is 6.92 Å². The van der Waals surface area contributed by atoms with Crippen molar-refractivity contribution in [1.82, 2.24) is 10.2 Å². The van der Waals surface area contributed by atoms with Gasteiger partial charge in [0.25, 0.3) is 0 Å². The van der Waals surface area contributed by atoms with Gasteiger partial charge in [-0.2, -0.15) is 11.8 Å². The summed E-state index contributed by atoms with van der Waals surface area (Å²) < 4.78 is 24.7. The Balaban J connectivity index is 2.01. The fourth-order valence-electron chi connectivity index (χ4n) is 3.14. The second-order valence-corrected chi connectivity index (χ2v) is 10.9. The Morgan fingerprint density at radius 1 is 1.29 bits per heavy atom. The second-order valence-electron chi connectivity index (χ2n) is 7.25. The van der Waals surface area contributed by atoms with Crippen molar-refractivity contribution in [1.29, 1.82) is 0 Å². The van der Waals surface area contributed by atoms with Gasteiger partial charge in [-0.15, -0.1) is 0 Å². The molecule has 1 N–H and O–H groups in total. The van der Waals surface area contributed by atoms with E-state index in [0.29, 0.717) is 12.0 Å². The normalized spacial score (nSPS) is 31.9.